The quantitative estimate of drug-likeness (QED) is 0.0997. The maximum Gasteiger partial charge on any atom is 0.303 e. The summed E-state index contributed by atoms with van der Waals surface area (Å²) < 4.78 is 78.5. The molecule has 0 spiro atoms. The first-order valence-electron chi connectivity index (χ1n) is 27.3. The number of aliphatic hydroxyl groups is 7. The molecule has 0 unspecified atom stereocenters. The number of phenolic OH excluding ortho intramolecular Hbond substituents is 2. The normalized spacial score (nSPS) is 40.9. The zero-order valence-electron chi connectivity index (χ0n) is 46.8. The third kappa shape index (κ3) is 12.9. The number of ketones is 2. The summed E-state index contributed by atoms with van der Waals surface area (Å²) in [5.41, 5.74) is -1.48. The van der Waals surface area contributed by atoms with Gasteiger partial charge in [0.25, 0.3) is 0 Å². The first kappa shape index (κ1) is 62.2. The van der Waals surface area contributed by atoms with E-state index >= 15 is 4.79 Å². The van der Waals surface area contributed by atoms with Crippen molar-refractivity contribution in [3.63, 3.8) is 0 Å². The fourth-order valence-corrected chi connectivity index (χ4v) is 12.0. The van der Waals surface area contributed by atoms with Gasteiger partial charge in [-0.05, 0) is 84.9 Å². The average molecular weight is 1140 g/mol. The van der Waals surface area contributed by atoms with Crippen molar-refractivity contribution in [2.45, 2.75) is 248 Å². The molecule has 1 aliphatic carbocycles. The fourth-order valence-electron chi connectivity index (χ4n) is 12.0. The topological polar surface area (TPSA) is 353 Å². The second kappa shape index (κ2) is 25.2. The van der Waals surface area contributed by atoms with E-state index in [2.05, 4.69) is 0 Å². The van der Waals surface area contributed by atoms with E-state index in [1.165, 1.54) is 54.0 Å². The molecule has 0 radical (unpaired) electrons. The molecular formula is C55H80O25. The highest BCUT2D eigenvalue weighted by Gasteiger charge is 2.52. The number of benzene rings is 2. The minimum Gasteiger partial charge on any atom is -0.507 e. The van der Waals surface area contributed by atoms with Crippen LogP contribution in [0.5, 0.6) is 17.2 Å². The van der Waals surface area contributed by atoms with Gasteiger partial charge >= 0.3 is 5.97 Å². The highest BCUT2D eigenvalue weighted by molar-refractivity contribution is 6.11. The largest absolute Gasteiger partial charge is 0.507 e. The van der Waals surface area contributed by atoms with Gasteiger partial charge in [0.15, 0.2) is 42.8 Å². The summed E-state index contributed by atoms with van der Waals surface area (Å²) in [6, 6.07) is 3.05. The van der Waals surface area contributed by atoms with Crippen LogP contribution in [0.4, 0.5) is 0 Å². The highest BCUT2D eigenvalue weighted by atomic mass is 16.7. The zero-order valence-corrected chi connectivity index (χ0v) is 46.8. The lowest BCUT2D eigenvalue weighted by Crippen LogP contribution is -2.58. The van der Waals surface area contributed by atoms with Crippen molar-refractivity contribution >= 4 is 28.3 Å². The van der Waals surface area contributed by atoms with Crippen molar-refractivity contribution in [1.82, 2.24) is 0 Å². The first-order chi connectivity index (χ1) is 37.6. The first-order valence-corrected chi connectivity index (χ1v) is 27.3. The molecule has 2 aromatic rings. The second-order valence-electron chi connectivity index (χ2n) is 22.5. The van der Waals surface area contributed by atoms with E-state index in [-0.39, 0.29) is 71.7 Å². The Morgan fingerprint density at radius 3 is 1.82 bits per heavy atom. The molecule has 5 aliphatic heterocycles. The van der Waals surface area contributed by atoms with Crippen LogP contribution in [-0.4, -0.2) is 225 Å². The van der Waals surface area contributed by atoms with Gasteiger partial charge < -0.3 is 108 Å². The molecule has 0 amide bonds. The monoisotopic (exact) mass is 1140 g/mol. The molecule has 25 heteroatoms. The lowest BCUT2D eigenvalue weighted by atomic mass is 9.75. The van der Waals surface area contributed by atoms with E-state index in [0.717, 1.165) is 0 Å². The second-order valence-corrected chi connectivity index (χ2v) is 22.5. The summed E-state index contributed by atoms with van der Waals surface area (Å²) in [5, 5.41) is 99.9. The maximum atomic E-state index is 15.1. The molecule has 450 valence electrons. The molecule has 2 aromatic carbocycles. The predicted molar refractivity (Wildman–Crippen MR) is 273 cm³/mol. The molecule has 0 bridgehead atoms. The van der Waals surface area contributed by atoms with Crippen LogP contribution >= 0.6 is 0 Å². The van der Waals surface area contributed by atoms with Crippen LogP contribution in [0.1, 0.15) is 109 Å². The fraction of sp³-hybridized carbons (Fsp3) is 0.764. The number of methoxy groups -OCH3 is 2. The maximum absolute atomic E-state index is 15.1. The van der Waals surface area contributed by atoms with Crippen LogP contribution in [0.3, 0.4) is 0 Å². The van der Waals surface area contributed by atoms with Gasteiger partial charge in [-0.1, -0.05) is 0 Å². The van der Waals surface area contributed by atoms with E-state index < -0.39 is 182 Å². The number of hydrogen-bond donors (Lipinski definition) is 9. The molecule has 0 aromatic heterocycles. The molecule has 5 saturated heterocycles. The summed E-state index contributed by atoms with van der Waals surface area (Å²) >= 11 is 0. The molecule has 8 rings (SSSR count). The van der Waals surface area contributed by atoms with Crippen LogP contribution in [-0.2, 0) is 72.9 Å². The minimum absolute atomic E-state index is 0.0207. The van der Waals surface area contributed by atoms with E-state index in [0.29, 0.717) is 0 Å². The Labute approximate surface area is 463 Å². The summed E-state index contributed by atoms with van der Waals surface area (Å²) in [4.78, 5) is 41.3. The Morgan fingerprint density at radius 2 is 1.25 bits per heavy atom. The Morgan fingerprint density at radius 1 is 0.713 bits per heavy atom. The number of ether oxygens (including phenoxy) is 13. The van der Waals surface area contributed by atoms with Gasteiger partial charge in [0.2, 0.25) is 6.29 Å². The number of Topliss-reactive ketones (excluding diaryl/α,β-unsaturated/α-hetero) is 2. The molecule has 25 atom stereocenters. The molecular weight excluding hydrogens is 1060 g/mol. The van der Waals surface area contributed by atoms with Gasteiger partial charge in [0, 0.05) is 64.7 Å². The van der Waals surface area contributed by atoms with Crippen molar-refractivity contribution < 1.29 is 122 Å². The Kier molecular flexibility index (Phi) is 19.6. The van der Waals surface area contributed by atoms with Gasteiger partial charge in [-0.15, -0.1) is 0 Å². The summed E-state index contributed by atoms with van der Waals surface area (Å²) in [6.45, 7) is 13.6. The number of esters is 1. The molecule has 9 N–H and O–H groups in total. The molecule has 0 saturated carbocycles. The minimum atomic E-state index is -1.95. The number of rotatable bonds is 17. The highest BCUT2D eigenvalue weighted by Crippen LogP contribution is 2.48. The number of aromatic hydroxyl groups is 2. The Hall–Kier alpha value is -3.81. The average Bonchev–Trinajstić information content (AvgIpc) is 3.50. The summed E-state index contributed by atoms with van der Waals surface area (Å²) in [5.74, 6) is -4.68. The van der Waals surface area contributed by atoms with Gasteiger partial charge in [0.05, 0.1) is 71.5 Å². The molecule has 80 heavy (non-hydrogen) atoms. The number of carbonyl (C=O) groups is 3. The van der Waals surface area contributed by atoms with Gasteiger partial charge in [-0.3, -0.25) is 14.4 Å². The SMILES string of the molecule is CO[C@@H]1[C@H](O)C[C@@H](O[C@@H]2C[C@H](Oc3cc4cc5c(c(O)c4c(O)c3C)C(=O)[C@@H](O[C@H]3C[C@@H](O[C@H]4C[C@@H](O[C@H]6C[C@](C)(O)[C@@H](O)[C@H](C)O6)[C@H](O)[C@@H](C)O4)[C@H](O)[C@@H](C)O3)[C@H]([C@H](OC)C(=O)[C@@H](O)[C@@H](C)O)C5)O[C@H](C)[C@@H]2OC(C)=O)O[C@@H]1C. The predicted octanol–water partition coefficient (Wildman–Crippen LogP) is 0.976. The number of phenols is 2. The molecule has 5 fully saturated rings. The van der Waals surface area contributed by atoms with E-state index in [9.17, 15) is 55.5 Å². The van der Waals surface area contributed by atoms with Crippen LogP contribution in [0.25, 0.3) is 10.8 Å². The zero-order chi connectivity index (χ0) is 58.6. The Bertz CT molecular complexity index is 2500. The van der Waals surface area contributed by atoms with Crippen molar-refractivity contribution in [3.8, 4) is 17.2 Å². The Balaban J connectivity index is 1.05. The lowest BCUT2D eigenvalue weighted by molar-refractivity contribution is -0.334. The summed E-state index contributed by atoms with van der Waals surface area (Å²) in [6.07, 6.45) is -25.7. The van der Waals surface area contributed by atoms with Crippen molar-refractivity contribution in [2.75, 3.05) is 14.2 Å². The number of fused-ring (bicyclic) bond motifs is 2. The van der Waals surface area contributed by atoms with E-state index in [1.54, 1.807) is 34.6 Å². The standard InChI is InChI=1S/C55H80O25/c1-20-32(76-38-18-35(51(25(6)73-38)75-27(8)57)79-36-15-31(58)50(68-10)24(5)72-36)14-29-12-28-13-30(52(69-11)49(65)44(60)21(2)56)53(48(64)42(28)47(63)41(29)43(20)59)80-39-17-33(45(61)23(4)71-39)77-37-16-34(46(62)22(3)70-37)78-40-19-55(9,67)54(66)26(7)74-40/h12,14,21-26,30-31,33-40,44-46,50-54,56,58-63,66-67H,13,15-19H2,1-11H3/t21-,22-,23-,24-,25-,26+,30+,31-,33-,34-,35-,36-,37+,38+,39+,40+,44+,45-,46-,50+,51+,52+,53+,54+,55+/m1/s1. The molecule has 6 aliphatic rings. The number of hydrogen-bond acceptors (Lipinski definition) is 25. The third-order valence-corrected chi connectivity index (χ3v) is 16.4. The lowest BCUT2D eigenvalue weighted by Gasteiger charge is -2.46. The number of aliphatic hydroxyl groups excluding tert-OH is 6. The summed E-state index contributed by atoms with van der Waals surface area (Å²) in [7, 11) is 2.65. The smallest absolute Gasteiger partial charge is 0.303 e. The van der Waals surface area contributed by atoms with E-state index in [4.69, 9.17) is 61.6 Å². The van der Waals surface area contributed by atoms with Crippen LogP contribution in [0.2, 0.25) is 0 Å². The van der Waals surface area contributed by atoms with Crippen molar-refractivity contribution in [2.24, 2.45) is 5.92 Å². The van der Waals surface area contributed by atoms with Gasteiger partial charge in [-0.2, -0.15) is 0 Å². The van der Waals surface area contributed by atoms with Crippen LogP contribution in [0, 0.1) is 12.8 Å². The molecule has 5 heterocycles. The van der Waals surface area contributed by atoms with Crippen LogP contribution in [0.15, 0.2) is 12.1 Å². The van der Waals surface area contributed by atoms with Crippen LogP contribution < -0.4 is 4.74 Å². The van der Waals surface area contributed by atoms with Crippen molar-refractivity contribution in [3.05, 3.63) is 28.8 Å². The van der Waals surface area contributed by atoms with Gasteiger partial charge in [-0.25, -0.2) is 0 Å². The molecule has 25 nitrogen and oxygen atoms in total. The number of carbonyl (C=O) groups excluding carboxylic acids is 3. The van der Waals surface area contributed by atoms with Gasteiger partial charge in [0.1, 0.15) is 66.1 Å². The third-order valence-electron chi connectivity index (χ3n) is 16.4. The van der Waals surface area contributed by atoms with Crippen molar-refractivity contribution in [1.29, 1.82) is 0 Å². The van der Waals surface area contributed by atoms with E-state index in [1.807, 2.05) is 0 Å².